The fraction of sp³-hybridized carbons (Fsp3) is 0.462. The van der Waals surface area contributed by atoms with Crippen LogP contribution in [-0.4, -0.2) is 19.6 Å². The van der Waals surface area contributed by atoms with Crippen molar-refractivity contribution in [2.45, 2.75) is 25.8 Å². The number of hydrogen-bond donors (Lipinski definition) is 1. The fourth-order valence-electron chi connectivity index (χ4n) is 2.30. The van der Waals surface area contributed by atoms with E-state index in [0.717, 1.165) is 13.1 Å². The third kappa shape index (κ3) is 2.09. The molecule has 16 heavy (non-hydrogen) atoms. The quantitative estimate of drug-likeness (QED) is 0.770. The number of nitrogens with one attached hydrogen (secondary N) is 1. The van der Waals surface area contributed by atoms with Crippen molar-refractivity contribution in [1.82, 2.24) is 5.32 Å². The van der Waals surface area contributed by atoms with Gasteiger partial charge in [0.2, 0.25) is 0 Å². The normalized spacial score (nSPS) is 19.0. The average molecular weight is 219 g/mol. The summed E-state index contributed by atoms with van der Waals surface area (Å²) in [6.07, 6.45) is 0.458. The minimum Gasteiger partial charge on any atom is -0.469 e. The van der Waals surface area contributed by atoms with E-state index >= 15 is 0 Å². The molecule has 2 rings (SSSR count). The van der Waals surface area contributed by atoms with Crippen LogP contribution in [0, 0.1) is 6.92 Å². The highest BCUT2D eigenvalue weighted by molar-refractivity contribution is 5.70. The van der Waals surface area contributed by atoms with Crippen LogP contribution in [0.25, 0.3) is 0 Å². The molecule has 0 fully saturated rings. The largest absolute Gasteiger partial charge is 0.469 e. The molecule has 0 bridgehead atoms. The van der Waals surface area contributed by atoms with Crippen molar-refractivity contribution in [3.05, 3.63) is 34.9 Å². The first kappa shape index (κ1) is 11.1. The maximum Gasteiger partial charge on any atom is 0.306 e. The molecule has 0 amide bonds. The number of benzene rings is 1. The van der Waals surface area contributed by atoms with E-state index in [4.69, 9.17) is 4.74 Å². The van der Waals surface area contributed by atoms with Gasteiger partial charge in [0, 0.05) is 19.0 Å². The lowest BCUT2D eigenvalue weighted by Gasteiger charge is -2.26. The van der Waals surface area contributed by atoms with Crippen LogP contribution >= 0.6 is 0 Å². The highest BCUT2D eigenvalue weighted by Gasteiger charge is 2.23. The SMILES string of the molecule is COC(=O)CC1CNCc2c(C)cccc21. The molecule has 3 nitrogen and oxygen atoms in total. The third-order valence-corrected chi connectivity index (χ3v) is 3.22. The number of esters is 1. The zero-order valence-corrected chi connectivity index (χ0v) is 9.75. The first-order chi connectivity index (χ1) is 7.72. The van der Waals surface area contributed by atoms with Crippen LogP contribution in [-0.2, 0) is 16.1 Å². The lowest BCUT2D eigenvalue weighted by molar-refractivity contribution is -0.141. The fourth-order valence-corrected chi connectivity index (χ4v) is 2.30. The summed E-state index contributed by atoms with van der Waals surface area (Å²) in [5, 5.41) is 3.35. The molecule has 1 aliphatic heterocycles. The zero-order valence-electron chi connectivity index (χ0n) is 9.75. The molecule has 86 valence electrons. The second-order valence-corrected chi connectivity index (χ2v) is 4.25. The molecule has 0 saturated carbocycles. The molecule has 0 radical (unpaired) electrons. The van der Waals surface area contributed by atoms with Gasteiger partial charge < -0.3 is 10.1 Å². The molecule has 3 heteroatoms. The predicted molar refractivity (Wildman–Crippen MR) is 62.3 cm³/mol. The molecule has 1 N–H and O–H groups in total. The van der Waals surface area contributed by atoms with E-state index in [9.17, 15) is 4.79 Å². The summed E-state index contributed by atoms with van der Waals surface area (Å²) in [7, 11) is 1.44. The number of aryl methyl sites for hydroxylation is 1. The van der Waals surface area contributed by atoms with Crippen molar-refractivity contribution >= 4 is 5.97 Å². The Hall–Kier alpha value is -1.35. The predicted octanol–water partition coefficient (Wildman–Crippen LogP) is 1.74. The van der Waals surface area contributed by atoms with E-state index in [2.05, 4.69) is 30.4 Å². The lowest BCUT2D eigenvalue weighted by atomic mass is 9.86. The van der Waals surface area contributed by atoms with Gasteiger partial charge >= 0.3 is 5.97 Å². The van der Waals surface area contributed by atoms with Gasteiger partial charge in [-0.3, -0.25) is 4.79 Å². The number of hydrogen-bond acceptors (Lipinski definition) is 3. The van der Waals surface area contributed by atoms with Crippen molar-refractivity contribution in [3.63, 3.8) is 0 Å². The second kappa shape index (κ2) is 4.66. The molecule has 1 heterocycles. The maximum absolute atomic E-state index is 11.3. The smallest absolute Gasteiger partial charge is 0.306 e. The molecule has 0 saturated heterocycles. The zero-order chi connectivity index (χ0) is 11.5. The van der Waals surface area contributed by atoms with E-state index < -0.39 is 0 Å². The molecule has 1 aromatic carbocycles. The van der Waals surface area contributed by atoms with Gasteiger partial charge in [-0.25, -0.2) is 0 Å². The molecule has 0 aliphatic carbocycles. The number of carbonyl (C=O) groups excluding carboxylic acids is 1. The molecular formula is C13H17NO2. The van der Waals surface area contributed by atoms with E-state index in [0.29, 0.717) is 6.42 Å². The Morgan fingerprint density at radius 3 is 3.12 bits per heavy atom. The van der Waals surface area contributed by atoms with Crippen molar-refractivity contribution in [3.8, 4) is 0 Å². The van der Waals surface area contributed by atoms with Gasteiger partial charge in [0.1, 0.15) is 0 Å². The average Bonchev–Trinajstić information content (AvgIpc) is 2.30. The molecule has 1 unspecified atom stereocenters. The summed E-state index contributed by atoms with van der Waals surface area (Å²) >= 11 is 0. The van der Waals surface area contributed by atoms with Gasteiger partial charge in [-0.1, -0.05) is 18.2 Å². The Labute approximate surface area is 95.8 Å². The lowest BCUT2D eigenvalue weighted by Crippen LogP contribution is -2.30. The van der Waals surface area contributed by atoms with Gasteiger partial charge in [0.05, 0.1) is 13.5 Å². The summed E-state index contributed by atoms with van der Waals surface area (Å²) in [4.78, 5) is 11.3. The van der Waals surface area contributed by atoms with Crippen LogP contribution in [0.15, 0.2) is 18.2 Å². The second-order valence-electron chi connectivity index (χ2n) is 4.25. The molecule has 1 aliphatic rings. The van der Waals surface area contributed by atoms with Gasteiger partial charge in [0.15, 0.2) is 0 Å². The molecular weight excluding hydrogens is 202 g/mol. The van der Waals surface area contributed by atoms with E-state index in [1.807, 2.05) is 0 Å². The Kier molecular flexibility index (Phi) is 3.25. The summed E-state index contributed by atoms with van der Waals surface area (Å²) in [6.45, 7) is 3.87. The van der Waals surface area contributed by atoms with Crippen LogP contribution in [0.2, 0.25) is 0 Å². The first-order valence-corrected chi connectivity index (χ1v) is 5.58. The van der Waals surface area contributed by atoms with Crippen LogP contribution in [0.1, 0.15) is 29.0 Å². The van der Waals surface area contributed by atoms with Gasteiger partial charge in [-0.15, -0.1) is 0 Å². The molecule has 0 spiro atoms. The Morgan fingerprint density at radius 1 is 1.56 bits per heavy atom. The summed E-state index contributed by atoms with van der Waals surface area (Å²) in [6, 6.07) is 6.29. The summed E-state index contributed by atoms with van der Waals surface area (Å²) < 4.78 is 4.73. The third-order valence-electron chi connectivity index (χ3n) is 3.22. The Bertz CT molecular complexity index is 401. The van der Waals surface area contributed by atoms with Gasteiger partial charge in [-0.05, 0) is 23.6 Å². The van der Waals surface area contributed by atoms with Crippen LogP contribution < -0.4 is 5.32 Å². The summed E-state index contributed by atoms with van der Waals surface area (Å²) in [5.41, 5.74) is 3.92. The summed E-state index contributed by atoms with van der Waals surface area (Å²) in [5.74, 6) is 0.109. The number of ether oxygens (including phenoxy) is 1. The number of methoxy groups -OCH3 is 1. The maximum atomic E-state index is 11.3. The molecule has 0 aromatic heterocycles. The monoisotopic (exact) mass is 219 g/mol. The standard InChI is InChI=1S/C13H17NO2/c1-9-4-3-5-11-10(6-13(15)16-2)7-14-8-12(9)11/h3-5,10,14H,6-8H2,1-2H3. The highest BCUT2D eigenvalue weighted by Crippen LogP contribution is 2.28. The Balaban J connectivity index is 2.26. The van der Waals surface area contributed by atoms with Gasteiger partial charge in [0.25, 0.3) is 0 Å². The van der Waals surface area contributed by atoms with Crippen molar-refractivity contribution in [1.29, 1.82) is 0 Å². The molecule has 1 atom stereocenters. The van der Waals surface area contributed by atoms with E-state index in [1.165, 1.54) is 23.8 Å². The van der Waals surface area contributed by atoms with E-state index in [-0.39, 0.29) is 11.9 Å². The van der Waals surface area contributed by atoms with E-state index in [1.54, 1.807) is 0 Å². The Morgan fingerprint density at radius 2 is 2.38 bits per heavy atom. The minimum absolute atomic E-state index is 0.138. The minimum atomic E-state index is -0.138. The highest BCUT2D eigenvalue weighted by atomic mass is 16.5. The number of carbonyl (C=O) groups is 1. The van der Waals surface area contributed by atoms with Crippen LogP contribution in [0.4, 0.5) is 0 Å². The van der Waals surface area contributed by atoms with Crippen molar-refractivity contribution in [2.24, 2.45) is 0 Å². The van der Waals surface area contributed by atoms with Crippen LogP contribution in [0.5, 0.6) is 0 Å². The van der Waals surface area contributed by atoms with Crippen molar-refractivity contribution < 1.29 is 9.53 Å². The number of rotatable bonds is 2. The van der Waals surface area contributed by atoms with Gasteiger partial charge in [-0.2, -0.15) is 0 Å². The first-order valence-electron chi connectivity index (χ1n) is 5.58. The van der Waals surface area contributed by atoms with Crippen LogP contribution in [0.3, 0.4) is 0 Å². The molecule has 1 aromatic rings. The topological polar surface area (TPSA) is 38.3 Å². The number of fused-ring (bicyclic) bond motifs is 1. The van der Waals surface area contributed by atoms with Crippen molar-refractivity contribution in [2.75, 3.05) is 13.7 Å².